The zero-order valence-electron chi connectivity index (χ0n) is 23.4. The zero-order chi connectivity index (χ0) is 29.7. The first-order valence-corrected chi connectivity index (χ1v) is 14.6. The van der Waals surface area contributed by atoms with Gasteiger partial charge >= 0.3 is 0 Å². The molecule has 13 nitrogen and oxygen atoms in total. The monoisotopic (exact) mass is 589 g/mol. The van der Waals surface area contributed by atoms with Gasteiger partial charge in [0.25, 0.3) is 17.4 Å². The number of anilines is 3. The summed E-state index contributed by atoms with van der Waals surface area (Å²) in [6.07, 6.45) is 7.16. The maximum absolute atomic E-state index is 12.9. The molecule has 41 heavy (non-hydrogen) atoms. The molecule has 0 spiro atoms. The number of piperidine rings is 1. The van der Waals surface area contributed by atoms with Crippen LogP contribution in [-0.2, 0) is 0 Å². The van der Waals surface area contributed by atoms with Crippen LogP contribution >= 0.6 is 11.6 Å². The molecular formula is C27H40ClN9O4. The summed E-state index contributed by atoms with van der Waals surface area (Å²) in [5, 5.41) is 8.98. The number of pyridine rings is 1. The van der Waals surface area contributed by atoms with Gasteiger partial charge in [-0.1, -0.05) is 31.4 Å². The molecule has 2 amide bonds. The summed E-state index contributed by atoms with van der Waals surface area (Å²) in [4.78, 5) is 53.7. The molecule has 0 radical (unpaired) electrons. The fraction of sp³-hybridized carbons (Fsp3) is 0.593. The van der Waals surface area contributed by atoms with Gasteiger partial charge < -0.3 is 37.1 Å². The van der Waals surface area contributed by atoms with Crippen molar-refractivity contribution in [3.05, 3.63) is 38.9 Å². The third-order valence-electron chi connectivity index (χ3n) is 8.14. The van der Waals surface area contributed by atoms with Crippen molar-refractivity contribution in [2.75, 3.05) is 49.1 Å². The molecule has 3 aliphatic rings. The largest absolute Gasteiger partial charge is 0.393 e. The number of hydrogen-bond donors (Lipinski definition) is 5. The molecule has 0 bridgehead atoms. The van der Waals surface area contributed by atoms with E-state index in [-0.39, 0.29) is 46.4 Å². The lowest BCUT2D eigenvalue weighted by Gasteiger charge is -2.47. The fourth-order valence-corrected chi connectivity index (χ4v) is 6.02. The number of aliphatic hydroxyl groups is 1. The highest BCUT2D eigenvalue weighted by Gasteiger charge is 2.35. The van der Waals surface area contributed by atoms with Crippen molar-refractivity contribution in [2.24, 2.45) is 5.73 Å². The maximum Gasteiger partial charge on any atom is 0.291 e. The first kappa shape index (κ1) is 30.5. The highest BCUT2D eigenvalue weighted by Crippen LogP contribution is 2.26. The number of halogens is 1. The van der Waals surface area contributed by atoms with Gasteiger partial charge in [-0.2, -0.15) is 0 Å². The average Bonchev–Trinajstić information content (AvgIpc) is 3.44. The maximum atomic E-state index is 12.9. The van der Waals surface area contributed by atoms with Crippen LogP contribution in [0, 0.1) is 0 Å². The number of nitrogens with two attached hydrogens (primary N) is 3. The number of amides is 2. The number of nitrogen functional groups attached to an aromatic ring is 2. The summed E-state index contributed by atoms with van der Waals surface area (Å²) >= 11 is 5.85. The second-order valence-corrected chi connectivity index (χ2v) is 11.2. The van der Waals surface area contributed by atoms with Crippen molar-refractivity contribution >= 4 is 40.9 Å². The van der Waals surface area contributed by atoms with Gasteiger partial charge in [0, 0.05) is 44.8 Å². The molecule has 0 aromatic carbocycles. The fourth-order valence-electron chi connectivity index (χ4n) is 5.87. The number of hydrogen-bond acceptors (Lipinski definition) is 10. The highest BCUT2D eigenvalue weighted by molar-refractivity contribution is 6.29. The lowest BCUT2D eigenvalue weighted by molar-refractivity contribution is 0.0491. The summed E-state index contributed by atoms with van der Waals surface area (Å²) in [6, 6.07) is 3.70. The predicted molar refractivity (Wildman–Crippen MR) is 158 cm³/mol. The summed E-state index contributed by atoms with van der Waals surface area (Å²) < 4.78 is 0. The summed E-state index contributed by atoms with van der Waals surface area (Å²) in [6.45, 7) is 5.29. The molecule has 8 N–H and O–H groups in total. The van der Waals surface area contributed by atoms with Crippen LogP contribution in [0.2, 0.25) is 5.15 Å². The van der Waals surface area contributed by atoms with Crippen LogP contribution in [0.1, 0.15) is 72.7 Å². The molecule has 1 atom stereocenters. The average molecular weight is 590 g/mol. The molecular weight excluding hydrogens is 550 g/mol. The molecule has 5 rings (SSSR count). The van der Waals surface area contributed by atoms with Crippen LogP contribution in [0.3, 0.4) is 0 Å². The topological polar surface area (TPSA) is 201 Å². The summed E-state index contributed by atoms with van der Waals surface area (Å²) in [5.41, 5.74) is 16.7. The van der Waals surface area contributed by atoms with Crippen molar-refractivity contribution in [1.29, 1.82) is 0 Å². The minimum absolute atomic E-state index is 0.0463. The Hall–Kier alpha value is -3.42. The van der Waals surface area contributed by atoms with Crippen molar-refractivity contribution in [2.45, 2.75) is 70.1 Å². The lowest BCUT2D eigenvalue weighted by atomic mass is 9.97. The van der Waals surface area contributed by atoms with Crippen molar-refractivity contribution in [3.63, 3.8) is 0 Å². The van der Waals surface area contributed by atoms with Crippen molar-refractivity contribution in [3.8, 4) is 0 Å². The number of nitrogens with one attached hydrogen (secondary N) is 1. The second kappa shape index (κ2) is 13.5. The van der Waals surface area contributed by atoms with E-state index < -0.39 is 11.5 Å². The van der Waals surface area contributed by atoms with Crippen LogP contribution in [0.25, 0.3) is 0 Å². The normalized spacial score (nSPS) is 20.5. The molecule has 4 heterocycles. The van der Waals surface area contributed by atoms with Gasteiger partial charge in [0.05, 0.1) is 11.7 Å². The van der Waals surface area contributed by atoms with Crippen LogP contribution in [0.15, 0.2) is 16.9 Å². The Balaban J connectivity index is 0.000000572. The molecule has 2 saturated heterocycles. The Morgan fingerprint density at radius 1 is 1.05 bits per heavy atom. The quantitative estimate of drug-likeness (QED) is 0.315. The van der Waals surface area contributed by atoms with E-state index in [2.05, 4.69) is 26.8 Å². The van der Waals surface area contributed by atoms with Gasteiger partial charge in [-0.3, -0.25) is 19.3 Å². The number of H-pyrrole nitrogens is 1. The number of piperazine rings is 1. The summed E-state index contributed by atoms with van der Waals surface area (Å²) in [5.74, 6) is -0.713. The summed E-state index contributed by atoms with van der Waals surface area (Å²) in [7, 11) is 0. The number of aromatic amines is 1. The standard InChI is InChI=1S/C22H30ClN9O3.C5H10O/c1-2-12-11-31(20-21(34)28-16(19(26)33)18(25)29-20)9-10-32(12)13-5-7-30(8-6-13)22(35)14-3-4-15(23)27-17(14)24;6-5-3-1-2-4-5/h3-4,12-13H,2,5-11H2,1H3,(H2,24,27)(H2,25,29)(H2,26,33)(H,28,34);5-6H,1-4H2. The van der Waals surface area contributed by atoms with E-state index in [9.17, 15) is 14.4 Å². The number of likely N-dealkylation sites (tertiary alicyclic amines) is 1. The highest BCUT2D eigenvalue weighted by atomic mass is 35.5. The third-order valence-corrected chi connectivity index (χ3v) is 8.35. The van der Waals surface area contributed by atoms with E-state index in [4.69, 9.17) is 33.9 Å². The Bertz CT molecular complexity index is 1290. The minimum Gasteiger partial charge on any atom is -0.393 e. The first-order chi connectivity index (χ1) is 19.6. The number of aliphatic hydroxyl groups excluding tert-OH is 1. The van der Waals surface area contributed by atoms with E-state index in [1.807, 2.05) is 9.80 Å². The molecule has 1 aliphatic carbocycles. The number of rotatable bonds is 5. The van der Waals surface area contributed by atoms with E-state index in [0.29, 0.717) is 37.8 Å². The second-order valence-electron chi connectivity index (χ2n) is 10.8. The predicted octanol–water partition coefficient (Wildman–Crippen LogP) is 1.21. The number of aromatic nitrogens is 3. The lowest BCUT2D eigenvalue weighted by Crippen LogP contribution is -2.59. The number of primary amides is 1. The number of nitrogens with zero attached hydrogens (tertiary/aromatic N) is 5. The van der Waals surface area contributed by atoms with Gasteiger partial charge in [0.2, 0.25) is 0 Å². The Morgan fingerprint density at radius 2 is 1.73 bits per heavy atom. The SMILES string of the molecule is CCC1CN(c2nc(N)c(C(N)=O)[nH]c2=O)CCN1C1CCN(C(=O)c2ccc(Cl)nc2N)CC1.OC1CCCC1. The third kappa shape index (κ3) is 7.27. The van der Waals surface area contributed by atoms with Crippen LogP contribution in [0.5, 0.6) is 0 Å². The zero-order valence-corrected chi connectivity index (χ0v) is 24.1. The molecule has 2 aromatic rings. The van der Waals surface area contributed by atoms with Gasteiger partial charge in [0.1, 0.15) is 16.7 Å². The molecule has 2 aliphatic heterocycles. The van der Waals surface area contributed by atoms with Crippen LogP contribution in [-0.4, -0.2) is 92.6 Å². The number of carbonyl (C=O) groups is 2. The van der Waals surface area contributed by atoms with Crippen molar-refractivity contribution in [1.82, 2.24) is 24.8 Å². The van der Waals surface area contributed by atoms with Gasteiger partial charge in [0.15, 0.2) is 11.6 Å². The van der Waals surface area contributed by atoms with E-state index >= 15 is 0 Å². The van der Waals surface area contributed by atoms with Crippen LogP contribution in [0.4, 0.5) is 17.5 Å². The molecule has 2 aromatic heterocycles. The van der Waals surface area contributed by atoms with Crippen molar-refractivity contribution < 1.29 is 14.7 Å². The van der Waals surface area contributed by atoms with E-state index in [0.717, 1.165) is 38.6 Å². The molecule has 1 saturated carbocycles. The number of carbonyl (C=O) groups excluding carboxylic acids is 2. The molecule has 14 heteroatoms. The van der Waals surface area contributed by atoms with Gasteiger partial charge in [-0.15, -0.1) is 0 Å². The molecule has 1 unspecified atom stereocenters. The van der Waals surface area contributed by atoms with Gasteiger partial charge in [-0.05, 0) is 44.2 Å². The van der Waals surface area contributed by atoms with E-state index in [1.54, 1.807) is 12.1 Å². The van der Waals surface area contributed by atoms with Gasteiger partial charge in [-0.25, -0.2) is 9.97 Å². The van der Waals surface area contributed by atoms with E-state index in [1.165, 1.54) is 12.8 Å². The minimum atomic E-state index is -0.824. The Kier molecular flexibility index (Phi) is 10.1. The van der Waals surface area contributed by atoms with Crippen LogP contribution < -0.4 is 27.7 Å². The smallest absolute Gasteiger partial charge is 0.291 e. The Labute approximate surface area is 244 Å². The molecule has 3 fully saturated rings. The first-order valence-electron chi connectivity index (χ1n) is 14.2. The molecule has 224 valence electrons. The Morgan fingerprint density at radius 3 is 2.29 bits per heavy atom.